The maximum atomic E-state index is 14.9. The Labute approximate surface area is 150 Å². The van der Waals surface area contributed by atoms with Crippen LogP contribution >= 0.6 is 12.2 Å². The van der Waals surface area contributed by atoms with Gasteiger partial charge in [0.1, 0.15) is 16.5 Å². The minimum Gasteiger partial charge on any atom is -0.507 e. The number of thiocarbonyl (C=S) groups is 1. The number of fused-ring (bicyclic) bond motifs is 1. The van der Waals surface area contributed by atoms with E-state index in [0.717, 1.165) is 0 Å². The van der Waals surface area contributed by atoms with Crippen LogP contribution < -0.4 is 9.86 Å². The second-order valence-corrected chi connectivity index (χ2v) is 6.47. The number of aliphatic hydroxyl groups excluding tert-OH is 1. The molecular formula is C19H15FN2O2S. The van der Waals surface area contributed by atoms with Gasteiger partial charge in [-0.05, 0) is 44.2 Å². The standard InChI is InChI=1S/C19H15FN2O2S/c1-19(2)17(23)16(14-10-12(11-21)8-9-15(14)24-19)18(25)22(20)13-6-4-3-5-7-13/h3-10,23H,1-2H3. The van der Waals surface area contributed by atoms with Gasteiger partial charge in [-0.3, -0.25) is 0 Å². The highest BCUT2D eigenvalue weighted by Crippen LogP contribution is 2.41. The highest BCUT2D eigenvalue weighted by Gasteiger charge is 2.38. The minimum absolute atomic E-state index is 0.143. The molecule has 0 fully saturated rings. The number of halogens is 1. The van der Waals surface area contributed by atoms with Crippen LogP contribution in [0.5, 0.6) is 5.75 Å². The Balaban J connectivity index is 2.15. The van der Waals surface area contributed by atoms with Crippen molar-refractivity contribution in [1.29, 1.82) is 5.26 Å². The fourth-order valence-corrected chi connectivity index (χ4v) is 2.94. The third-order valence-electron chi connectivity index (χ3n) is 3.93. The van der Waals surface area contributed by atoms with Crippen LogP contribution in [0.2, 0.25) is 0 Å². The molecule has 0 bridgehead atoms. The van der Waals surface area contributed by atoms with E-state index in [9.17, 15) is 9.59 Å². The summed E-state index contributed by atoms with van der Waals surface area (Å²) < 4.78 is 20.6. The van der Waals surface area contributed by atoms with E-state index in [1.54, 1.807) is 56.3 Å². The molecular weight excluding hydrogens is 339 g/mol. The van der Waals surface area contributed by atoms with Gasteiger partial charge in [-0.15, -0.1) is 0 Å². The van der Waals surface area contributed by atoms with E-state index in [1.807, 2.05) is 6.07 Å². The highest BCUT2D eigenvalue weighted by molar-refractivity contribution is 7.81. The van der Waals surface area contributed by atoms with Crippen molar-refractivity contribution in [1.82, 2.24) is 0 Å². The summed E-state index contributed by atoms with van der Waals surface area (Å²) in [6, 6.07) is 15.1. The van der Waals surface area contributed by atoms with Crippen LogP contribution in [-0.4, -0.2) is 15.7 Å². The smallest absolute Gasteiger partial charge is 0.160 e. The Morgan fingerprint density at radius 2 is 1.92 bits per heavy atom. The Morgan fingerprint density at radius 1 is 1.24 bits per heavy atom. The van der Waals surface area contributed by atoms with Gasteiger partial charge in [-0.1, -0.05) is 34.9 Å². The number of nitrogens with zero attached hydrogens (tertiary/aromatic N) is 2. The van der Waals surface area contributed by atoms with E-state index in [0.29, 0.717) is 22.0 Å². The number of ether oxygens (including phenoxy) is 1. The van der Waals surface area contributed by atoms with Gasteiger partial charge < -0.3 is 9.84 Å². The van der Waals surface area contributed by atoms with Gasteiger partial charge in [-0.25, -0.2) is 0 Å². The molecule has 2 aromatic rings. The quantitative estimate of drug-likeness (QED) is 0.625. The molecule has 1 aliphatic heterocycles. The molecule has 1 N–H and O–H groups in total. The zero-order chi connectivity index (χ0) is 18.2. The van der Waals surface area contributed by atoms with Gasteiger partial charge in [-0.2, -0.15) is 10.4 Å². The Kier molecular flexibility index (Phi) is 4.19. The molecule has 1 aliphatic rings. The Morgan fingerprint density at radius 3 is 2.56 bits per heavy atom. The van der Waals surface area contributed by atoms with E-state index in [-0.39, 0.29) is 22.0 Å². The maximum Gasteiger partial charge on any atom is 0.160 e. The summed E-state index contributed by atoms with van der Waals surface area (Å²) in [5, 5.41) is 20.1. The molecule has 0 saturated heterocycles. The zero-order valence-electron chi connectivity index (χ0n) is 13.7. The van der Waals surface area contributed by atoms with Crippen LogP contribution in [0.1, 0.15) is 25.0 Å². The van der Waals surface area contributed by atoms with Crippen LogP contribution in [0.4, 0.5) is 10.2 Å². The summed E-state index contributed by atoms with van der Waals surface area (Å²) >= 11 is 5.31. The fourth-order valence-electron chi connectivity index (χ4n) is 2.63. The predicted molar refractivity (Wildman–Crippen MR) is 98.0 cm³/mol. The zero-order valence-corrected chi connectivity index (χ0v) is 14.5. The fraction of sp³-hybridized carbons (Fsp3) is 0.158. The van der Waals surface area contributed by atoms with E-state index in [4.69, 9.17) is 22.2 Å². The third kappa shape index (κ3) is 2.94. The topological polar surface area (TPSA) is 56.5 Å². The van der Waals surface area contributed by atoms with Crippen LogP contribution in [0.3, 0.4) is 0 Å². The average Bonchev–Trinajstić information content (AvgIpc) is 2.62. The van der Waals surface area contributed by atoms with Crippen LogP contribution in [0.25, 0.3) is 5.57 Å². The summed E-state index contributed by atoms with van der Waals surface area (Å²) in [5.41, 5.74) is 0.0671. The van der Waals surface area contributed by atoms with Gasteiger partial charge in [0.15, 0.2) is 5.60 Å². The summed E-state index contributed by atoms with van der Waals surface area (Å²) in [7, 11) is 0. The van der Waals surface area contributed by atoms with Gasteiger partial charge in [0, 0.05) is 5.56 Å². The molecule has 126 valence electrons. The lowest BCUT2D eigenvalue weighted by molar-refractivity contribution is 0.0927. The number of nitriles is 1. The van der Waals surface area contributed by atoms with Gasteiger partial charge >= 0.3 is 0 Å². The molecule has 0 saturated carbocycles. The predicted octanol–water partition coefficient (Wildman–Crippen LogP) is 4.72. The summed E-state index contributed by atoms with van der Waals surface area (Å²) in [6.07, 6.45) is 0. The van der Waals surface area contributed by atoms with Crippen molar-refractivity contribution in [2.75, 3.05) is 5.12 Å². The molecule has 0 aliphatic carbocycles. The largest absolute Gasteiger partial charge is 0.507 e. The number of para-hydroxylation sites is 1. The first-order valence-electron chi connectivity index (χ1n) is 7.57. The molecule has 0 aromatic heterocycles. The van der Waals surface area contributed by atoms with Crippen LogP contribution in [-0.2, 0) is 0 Å². The number of aliphatic hydroxyl groups is 1. The van der Waals surface area contributed by atoms with E-state index in [2.05, 4.69) is 0 Å². The molecule has 3 rings (SSSR count). The first-order valence-corrected chi connectivity index (χ1v) is 7.98. The lowest BCUT2D eigenvalue weighted by atomic mass is 9.91. The maximum absolute atomic E-state index is 14.9. The molecule has 0 radical (unpaired) electrons. The number of hydrogen-bond acceptors (Lipinski definition) is 4. The van der Waals surface area contributed by atoms with Crippen LogP contribution in [0.15, 0.2) is 54.3 Å². The molecule has 25 heavy (non-hydrogen) atoms. The van der Waals surface area contributed by atoms with E-state index in [1.165, 1.54) is 6.07 Å². The Hall–Kier alpha value is -2.91. The van der Waals surface area contributed by atoms with E-state index >= 15 is 0 Å². The minimum atomic E-state index is -1.07. The molecule has 0 amide bonds. The lowest BCUT2D eigenvalue weighted by Gasteiger charge is -2.34. The van der Waals surface area contributed by atoms with Crippen molar-refractivity contribution in [3.8, 4) is 11.8 Å². The highest BCUT2D eigenvalue weighted by atomic mass is 32.1. The van der Waals surface area contributed by atoms with Crippen molar-refractivity contribution >= 4 is 28.5 Å². The molecule has 4 nitrogen and oxygen atoms in total. The number of rotatable bonds is 2. The molecule has 2 aromatic carbocycles. The number of hydrogen-bond donors (Lipinski definition) is 1. The Bertz CT molecular complexity index is 917. The normalized spacial score (nSPS) is 15.0. The molecule has 0 unspecified atom stereocenters. The molecule has 1 heterocycles. The summed E-state index contributed by atoms with van der Waals surface area (Å²) in [6.45, 7) is 3.33. The second kappa shape index (κ2) is 6.19. The van der Waals surface area contributed by atoms with Gasteiger partial charge in [0.05, 0.1) is 22.9 Å². The summed E-state index contributed by atoms with van der Waals surface area (Å²) in [4.78, 5) is -0.198. The average molecular weight is 354 g/mol. The second-order valence-electron chi connectivity index (χ2n) is 6.08. The first-order chi connectivity index (χ1) is 11.8. The van der Waals surface area contributed by atoms with Gasteiger partial charge in [0.2, 0.25) is 0 Å². The molecule has 0 spiro atoms. The van der Waals surface area contributed by atoms with Crippen molar-refractivity contribution in [3.05, 3.63) is 65.4 Å². The van der Waals surface area contributed by atoms with Crippen molar-refractivity contribution in [3.63, 3.8) is 0 Å². The van der Waals surface area contributed by atoms with E-state index < -0.39 is 5.60 Å². The third-order valence-corrected chi connectivity index (χ3v) is 4.29. The number of benzene rings is 2. The molecule has 6 heteroatoms. The van der Waals surface area contributed by atoms with Crippen molar-refractivity contribution < 1.29 is 14.3 Å². The van der Waals surface area contributed by atoms with Gasteiger partial charge in [0.25, 0.3) is 0 Å². The SMILES string of the molecule is CC1(C)Oc2ccc(C#N)cc2C(C(=S)N(F)c2ccccc2)=C1O. The first kappa shape index (κ1) is 16.9. The van der Waals surface area contributed by atoms with Crippen LogP contribution in [0, 0.1) is 11.3 Å². The summed E-state index contributed by atoms with van der Waals surface area (Å²) in [5.74, 6) is 0.249. The lowest BCUT2D eigenvalue weighted by Crippen LogP contribution is -2.37. The molecule has 0 atom stereocenters. The van der Waals surface area contributed by atoms with Crippen molar-refractivity contribution in [2.45, 2.75) is 19.4 Å². The number of anilines is 1. The monoisotopic (exact) mass is 354 g/mol. The van der Waals surface area contributed by atoms with Crippen molar-refractivity contribution in [2.24, 2.45) is 0 Å².